The quantitative estimate of drug-likeness (QED) is 0.305. The molecular formula is C27H45N4O7S+. The van der Waals surface area contributed by atoms with Gasteiger partial charge < -0.3 is 24.0 Å². The minimum atomic E-state index is -3.44. The Hall–Kier alpha value is -2.41. The van der Waals surface area contributed by atoms with Crippen molar-refractivity contribution in [2.75, 3.05) is 73.5 Å². The lowest BCUT2D eigenvalue weighted by Crippen LogP contribution is -2.46. The van der Waals surface area contributed by atoms with Crippen molar-refractivity contribution in [1.29, 1.82) is 0 Å². The van der Waals surface area contributed by atoms with Crippen LogP contribution in [0, 0.1) is 5.92 Å². The third-order valence-electron chi connectivity index (χ3n) is 7.39. The molecule has 1 fully saturated rings. The highest BCUT2D eigenvalue weighted by Gasteiger charge is 2.47. The van der Waals surface area contributed by atoms with Gasteiger partial charge in [-0.05, 0) is 30.5 Å². The first-order valence-electron chi connectivity index (χ1n) is 13.7. The van der Waals surface area contributed by atoms with Crippen LogP contribution in [-0.2, 0) is 19.6 Å². The molecule has 11 nitrogen and oxygen atoms in total. The van der Waals surface area contributed by atoms with Gasteiger partial charge in [-0.15, -0.1) is 0 Å². The summed E-state index contributed by atoms with van der Waals surface area (Å²) in [5, 5.41) is 10.3. The molecule has 39 heavy (non-hydrogen) atoms. The van der Waals surface area contributed by atoms with E-state index in [-0.39, 0.29) is 32.2 Å². The Kier molecular flexibility index (Phi) is 10.6. The third kappa shape index (κ3) is 9.06. The van der Waals surface area contributed by atoms with Crippen LogP contribution in [-0.4, -0.2) is 119 Å². The number of hydrogen-bond acceptors (Lipinski definition) is 7. The van der Waals surface area contributed by atoms with Crippen molar-refractivity contribution in [3.8, 4) is 11.5 Å². The number of benzene rings is 1. The fraction of sp³-hybridized carbons (Fsp3) is 0.704. The monoisotopic (exact) mass is 569 g/mol. The zero-order valence-electron chi connectivity index (χ0n) is 23.9. The summed E-state index contributed by atoms with van der Waals surface area (Å²) < 4.78 is 37.6. The van der Waals surface area contributed by atoms with Gasteiger partial charge >= 0.3 is 5.97 Å². The van der Waals surface area contributed by atoms with E-state index >= 15 is 0 Å². The lowest BCUT2D eigenvalue weighted by atomic mass is 9.84. The van der Waals surface area contributed by atoms with Gasteiger partial charge in [0.1, 0.15) is 0 Å². The van der Waals surface area contributed by atoms with Gasteiger partial charge in [-0.1, -0.05) is 19.4 Å². The molecule has 12 heteroatoms. The first kappa shape index (κ1) is 31.1. The Morgan fingerprint density at radius 2 is 1.85 bits per heavy atom. The van der Waals surface area contributed by atoms with Crippen LogP contribution in [0.3, 0.4) is 0 Å². The summed E-state index contributed by atoms with van der Waals surface area (Å²) in [4.78, 5) is 30.0. The largest absolute Gasteiger partial charge is 0.481 e. The molecule has 3 unspecified atom stereocenters. The highest BCUT2D eigenvalue weighted by Crippen LogP contribution is 2.42. The maximum Gasteiger partial charge on any atom is 0.308 e. The summed E-state index contributed by atoms with van der Waals surface area (Å²) in [5.41, 5.74) is 0.799. The van der Waals surface area contributed by atoms with E-state index in [0.29, 0.717) is 31.1 Å². The Balaban J connectivity index is 1.83. The Bertz CT molecular complexity index is 1110. The van der Waals surface area contributed by atoms with Gasteiger partial charge in [-0.25, -0.2) is 13.1 Å². The van der Waals surface area contributed by atoms with Crippen LogP contribution in [0.4, 0.5) is 0 Å². The van der Waals surface area contributed by atoms with E-state index in [1.807, 2.05) is 21.9 Å². The first-order chi connectivity index (χ1) is 18.3. The predicted octanol–water partition coefficient (Wildman–Crippen LogP) is 1.55. The molecule has 0 aliphatic carbocycles. The summed E-state index contributed by atoms with van der Waals surface area (Å²) in [6, 6.07) is 4.93. The molecule has 1 amide bonds. The van der Waals surface area contributed by atoms with Crippen LogP contribution in [0.15, 0.2) is 18.2 Å². The number of unbranched alkanes of at least 4 members (excludes halogenated alkanes) is 1. The van der Waals surface area contributed by atoms with E-state index in [2.05, 4.69) is 32.8 Å². The van der Waals surface area contributed by atoms with Gasteiger partial charge in [0.25, 0.3) is 0 Å². The number of carbonyl (C=O) groups excluding carboxylic acids is 1. The van der Waals surface area contributed by atoms with Crippen molar-refractivity contribution in [3.63, 3.8) is 0 Å². The Morgan fingerprint density at radius 3 is 2.49 bits per heavy atom. The van der Waals surface area contributed by atoms with Crippen LogP contribution < -0.4 is 14.2 Å². The Morgan fingerprint density at radius 1 is 1.15 bits per heavy atom. The molecular weight excluding hydrogens is 524 g/mol. The molecule has 2 aliphatic rings. The van der Waals surface area contributed by atoms with E-state index in [1.54, 1.807) is 6.07 Å². The molecule has 2 N–H and O–H groups in total. The second-order valence-corrected chi connectivity index (χ2v) is 13.5. The van der Waals surface area contributed by atoms with Crippen LogP contribution in [0.5, 0.6) is 11.5 Å². The number of rotatable bonds is 15. The third-order valence-corrected chi connectivity index (χ3v) is 8.12. The highest BCUT2D eigenvalue weighted by molar-refractivity contribution is 7.88. The molecule has 2 heterocycles. The second-order valence-electron chi connectivity index (χ2n) is 11.6. The van der Waals surface area contributed by atoms with Crippen LogP contribution in [0.2, 0.25) is 0 Å². The number of nitrogens with one attached hydrogen (secondary N) is 1. The SMILES string of the molecule is CCCCN(CCC[N+](C)(C)C)C(=O)CN1CC(c2ccc3c(c2)OCO3)C(C(=O)O)C1CCNS(C)(=O)=O. The lowest BCUT2D eigenvalue weighted by molar-refractivity contribution is -0.870. The van der Waals surface area contributed by atoms with E-state index in [4.69, 9.17) is 9.47 Å². The van der Waals surface area contributed by atoms with E-state index in [9.17, 15) is 23.1 Å². The molecule has 0 aromatic heterocycles. The van der Waals surface area contributed by atoms with Gasteiger partial charge in [0.15, 0.2) is 11.5 Å². The fourth-order valence-corrected chi connectivity index (χ4v) is 5.93. The number of carboxylic acid groups (broad SMARTS) is 1. The molecule has 0 saturated carbocycles. The number of likely N-dealkylation sites (tertiary alicyclic amines) is 1. The number of quaternary nitrogens is 1. The van der Waals surface area contributed by atoms with Gasteiger partial charge in [0.2, 0.25) is 22.7 Å². The molecule has 0 bridgehead atoms. The number of fused-ring (bicyclic) bond motifs is 1. The summed E-state index contributed by atoms with van der Waals surface area (Å²) in [5.74, 6) is -1.02. The zero-order chi connectivity index (χ0) is 28.8. The fourth-order valence-electron chi connectivity index (χ4n) is 5.45. The second kappa shape index (κ2) is 13.3. The van der Waals surface area contributed by atoms with Gasteiger partial charge in [-0.2, -0.15) is 0 Å². The molecule has 3 rings (SSSR count). The number of ether oxygens (including phenoxy) is 2. The summed E-state index contributed by atoms with van der Waals surface area (Å²) in [6.07, 6.45) is 4.09. The summed E-state index contributed by atoms with van der Waals surface area (Å²) in [7, 11) is 2.94. The Labute approximate surface area is 232 Å². The standard InChI is InChI=1S/C27H44N4O7S/c1-6-7-13-29(14-8-15-31(2,3)4)25(32)18-30-17-21(20-9-10-23-24(16-20)38-19-37-23)26(27(33)34)22(30)11-12-28-39(5,35)36/h9-10,16,21-22,26,28H,6-8,11-15,17-19H2,1-5H3/p+1. The molecule has 220 valence electrons. The van der Waals surface area contributed by atoms with Crippen molar-refractivity contribution >= 4 is 21.9 Å². The number of amides is 1. The molecule has 3 atom stereocenters. The first-order valence-corrected chi connectivity index (χ1v) is 15.6. The summed E-state index contributed by atoms with van der Waals surface area (Å²) in [6.45, 7) is 5.00. The maximum atomic E-state index is 13.6. The molecule has 1 aromatic rings. The maximum absolute atomic E-state index is 13.6. The number of hydrogen-bond donors (Lipinski definition) is 2. The van der Waals surface area contributed by atoms with Gasteiger partial charge in [0, 0.05) is 44.6 Å². The van der Waals surface area contributed by atoms with Crippen LogP contribution >= 0.6 is 0 Å². The van der Waals surface area contributed by atoms with E-state index < -0.39 is 33.9 Å². The highest BCUT2D eigenvalue weighted by atomic mass is 32.2. The number of carboxylic acids is 1. The zero-order valence-corrected chi connectivity index (χ0v) is 24.7. The van der Waals surface area contributed by atoms with Crippen LogP contribution in [0.1, 0.15) is 44.1 Å². The van der Waals surface area contributed by atoms with Gasteiger partial charge in [-0.3, -0.25) is 14.5 Å². The topological polar surface area (TPSA) is 125 Å². The minimum Gasteiger partial charge on any atom is -0.481 e. The summed E-state index contributed by atoms with van der Waals surface area (Å²) >= 11 is 0. The number of nitrogens with zero attached hydrogens (tertiary/aromatic N) is 3. The normalized spacial score (nSPS) is 21.3. The van der Waals surface area contributed by atoms with E-state index in [0.717, 1.165) is 42.1 Å². The molecule has 1 aromatic carbocycles. The number of carbonyl (C=O) groups is 2. The lowest BCUT2D eigenvalue weighted by Gasteiger charge is -2.30. The number of sulfonamides is 1. The molecule has 2 aliphatic heterocycles. The smallest absolute Gasteiger partial charge is 0.308 e. The molecule has 1 saturated heterocycles. The number of aliphatic carboxylic acids is 1. The van der Waals surface area contributed by atoms with Crippen molar-refractivity contribution in [3.05, 3.63) is 23.8 Å². The van der Waals surface area contributed by atoms with Crippen molar-refractivity contribution in [2.45, 2.75) is 44.6 Å². The molecule has 0 spiro atoms. The minimum absolute atomic E-state index is 0.0265. The average molecular weight is 570 g/mol. The molecule has 0 radical (unpaired) electrons. The van der Waals surface area contributed by atoms with Crippen molar-refractivity contribution < 1.29 is 37.1 Å². The average Bonchev–Trinajstić information content (AvgIpc) is 3.44. The van der Waals surface area contributed by atoms with Crippen molar-refractivity contribution in [1.82, 2.24) is 14.5 Å². The van der Waals surface area contributed by atoms with E-state index in [1.165, 1.54) is 0 Å². The predicted molar refractivity (Wildman–Crippen MR) is 148 cm³/mol. The van der Waals surface area contributed by atoms with Crippen molar-refractivity contribution in [2.24, 2.45) is 5.92 Å². The van der Waals surface area contributed by atoms with Gasteiger partial charge in [0.05, 0.1) is 46.4 Å². The van der Waals surface area contributed by atoms with Crippen LogP contribution in [0.25, 0.3) is 0 Å².